The van der Waals surface area contributed by atoms with Gasteiger partial charge in [-0.05, 0) is 19.1 Å². The number of rotatable bonds is 5. The quantitative estimate of drug-likeness (QED) is 0.850. The third kappa shape index (κ3) is 3.75. The number of nitrogen functional groups attached to an aromatic ring is 1. The van der Waals surface area contributed by atoms with Crippen molar-refractivity contribution in [3.8, 4) is 5.75 Å². The monoisotopic (exact) mass is 305 g/mol. The second-order valence-corrected chi connectivity index (χ2v) is 6.04. The molecule has 0 saturated carbocycles. The fourth-order valence-corrected chi connectivity index (χ4v) is 2.75. The molecule has 112 valence electrons. The van der Waals surface area contributed by atoms with Crippen molar-refractivity contribution in [2.75, 3.05) is 31.8 Å². The summed E-state index contributed by atoms with van der Waals surface area (Å²) in [5.41, 5.74) is 5.76. The van der Waals surface area contributed by atoms with Gasteiger partial charge in [-0.25, -0.2) is 0 Å². The largest absolute Gasteiger partial charge is 0.496 e. The zero-order valence-electron chi connectivity index (χ0n) is 12.6. The Morgan fingerprint density at radius 2 is 1.90 bits per heavy atom. The van der Waals surface area contributed by atoms with Crippen molar-refractivity contribution in [3.05, 3.63) is 30.1 Å². The average Bonchev–Trinajstić information content (AvgIpc) is 2.47. The summed E-state index contributed by atoms with van der Waals surface area (Å²) in [4.78, 5) is 15.6. The number of anilines is 2. The second-order valence-electron chi connectivity index (χ2n) is 4.66. The maximum absolute atomic E-state index is 5.76. The van der Waals surface area contributed by atoms with Crippen LogP contribution in [0.25, 0.3) is 0 Å². The van der Waals surface area contributed by atoms with E-state index in [1.807, 2.05) is 50.2 Å². The first-order valence-electron chi connectivity index (χ1n) is 6.49. The average molecular weight is 305 g/mol. The Morgan fingerprint density at radius 3 is 2.57 bits per heavy atom. The molecule has 0 amide bonds. The molecule has 0 aliphatic carbocycles. The molecule has 0 spiro atoms. The number of para-hydroxylation sites is 1. The van der Waals surface area contributed by atoms with Gasteiger partial charge >= 0.3 is 0 Å². The van der Waals surface area contributed by atoms with Gasteiger partial charge in [-0.1, -0.05) is 12.1 Å². The highest BCUT2D eigenvalue weighted by atomic mass is 32.2. The maximum Gasteiger partial charge on any atom is 0.229 e. The summed E-state index contributed by atoms with van der Waals surface area (Å²) >= 11 is 1.63. The third-order valence-corrected chi connectivity index (χ3v) is 3.95. The van der Waals surface area contributed by atoms with Gasteiger partial charge in [0.25, 0.3) is 0 Å². The van der Waals surface area contributed by atoms with E-state index in [0.29, 0.717) is 11.8 Å². The molecule has 7 heteroatoms. The Kier molecular flexibility index (Phi) is 4.85. The first-order chi connectivity index (χ1) is 10.0. The van der Waals surface area contributed by atoms with E-state index in [1.165, 1.54) is 0 Å². The van der Waals surface area contributed by atoms with Gasteiger partial charge in [0.2, 0.25) is 11.9 Å². The van der Waals surface area contributed by atoms with Crippen LogP contribution >= 0.6 is 11.8 Å². The second kappa shape index (κ2) is 6.62. The summed E-state index contributed by atoms with van der Waals surface area (Å²) in [6.07, 6.45) is 0. The first kappa shape index (κ1) is 15.4. The highest BCUT2D eigenvalue weighted by molar-refractivity contribution is 7.99. The normalized spacial score (nSPS) is 12.0. The number of aromatic nitrogens is 3. The molecule has 0 aliphatic rings. The Labute approximate surface area is 128 Å². The first-order valence-corrected chi connectivity index (χ1v) is 7.37. The molecule has 1 aromatic heterocycles. The Balaban J connectivity index is 2.26. The van der Waals surface area contributed by atoms with E-state index in [0.717, 1.165) is 10.6 Å². The highest BCUT2D eigenvalue weighted by Crippen LogP contribution is 2.38. The van der Waals surface area contributed by atoms with Crippen LogP contribution < -0.4 is 15.4 Å². The molecule has 2 rings (SSSR count). The lowest BCUT2D eigenvalue weighted by atomic mass is 10.3. The fourth-order valence-electron chi connectivity index (χ4n) is 1.74. The van der Waals surface area contributed by atoms with Gasteiger partial charge in [0.15, 0.2) is 0 Å². The van der Waals surface area contributed by atoms with Crippen LogP contribution in [0.2, 0.25) is 0 Å². The SMILES string of the molecule is COc1ccccc1S[C@@H](C)c1nc(N)nc(N(C)C)n1. The van der Waals surface area contributed by atoms with Crippen LogP contribution in [-0.4, -0.2) is 36.2 Å². The Morgan fingerprint density at radius 1 is 1.19 bits per heavy atom. The van der Waals surface area contributed by atoms with Gasteiger partial charge in [0, 0.05) is 14.1 Å². The smallest absolute Gasteiger partial charge is 0.229 e. The maximum atomic E-state index is 5.76. The van der Waals surface area contributed by atoms with Crippen molar-refractivity contribution >= 4 is 23.7 Å². The number of benzene rings is 1. The minimum absolute atomic E-state index is 0.0327. The van der Waals surface area contributed by atoms with Gasteiger partial charge in [-0.2, -0.15) is 15.0 Å². The molecule has 0 radical (unpaired) electrons. The van der Waals surface area contributed by atoms with Gasteiger partial charge < -0.3 is 15.4 Å². The van der Waals surface area contributed by atoms with Crippen LogP contribution in [0, 0.1) is 0 Å². The van der Waals surface area contributed by atoms with Crippen LogP contribution in [0.15, 0.2) is 29.2 Å². The van der Waals surface area contributed by atoms with Gasteiger partial charge in [-0.15, -0.1) is 11.8 Å². The summed E-state index contributed by atoms with van der Waals surface area (Å²) in [6.45, 7) is 2.03. The summed E-state index contributed by atoms with van der Waals surface area (Å²) in [5.74, 6) is 2.28. The van der Waals surface area contributed by atoms with E-state index in [4.69, 9.17) is 10.5 Å². The van der Waals surface area contributed by atoms with E-state index in [2.05, 4.69) is 15.0 Å². The number of hydrogen-bond acceptors (Lipinski definition) is 7. The Hall–Kier alpha value is -2.02. The molecule has 2 N–H and O–H groups in total. The van der Waals surface area contributed by atoms with Gasteiger partial charge in [0.1, 0.15) is 11.6 Å². The van der Waals surface area contributed by atoms with E-state index in [9.17, 15) is 0 Å². The summed E-state index contributed by atoms with van der Waals surface area (Å²) in [7, 11) is 5.41. The van der Waals surface area contributed by atoms with E-state index < -0.39 is 0 Å². The molecule has 0 fully saturated rings. The highest BCUT2D eigenvalue weighted by Gasteiger charge is 2.16. The summed E-state index contributed by atoms with van der Waals surface area (Å²) < 4.78 is 5.36. The van der Waals surface area contributed by atoms with Crippen LogP contribution in [-0.2, 0) is 0 Å². The fraction of sp³-hybridized carbons (Fsp3) is 0.357. The lowest BCUT2D eigenvalue weighted by molar-refractivity contribution is 0.404. The van der Waals surface area contributed by atoms with Crippen molar-refractivity contribution in [2.24, 2.45) is 0 Å². The van der Waals surface area contributed by atoms with Gasteiger partial charge in [-0.3, -0.25) is 0 Å². The summed E-state index contributed by atoms with van der Waals surface area (Å²) in [6, 6.07) is 7.86. The number of hydrogen-bond donors (Lipinski definition) is 1. The molecular weight excluding hydrogens is 286 g/mol. The number of nitrogens with zero attached hydrogens (tertiary/aromatic N) is 4. The number of methoxy groups -OCH3 is 1. The molecule has 0 saturated heterocycles. The predicted octanol–water partition coefficient (Wildman–Crippen LogP) is 2.38. The molecule has 1 atom stereocenters. The van der Waals surface area contributed by atoms with Crippen molar-refractivity contribution in [1.29, 1.82) is 0 Å². The molecule has 0 aliphatic heterocycles. The van der Waals surface area contributed by atoms with Gasteiger partial charge in [0.05, 0.1) is 17.3 Å². The van der Waals surface area contributed by atoms with Crippen molar-refractivity contribution in [1.82, 2.24) is 15.0 Å². The molecule has 0 unspecified atom stereocenters. The van der Waals surface area contributed by atoms with Crippen molar-refractivity contribution in [3.63, 3.8) is 0 Å². The van der Waals surface area contributed by atoms with E-state index in [-0.39, 0.29) is 11.2 Å². The molecule has 6 nitrogen and oxygen atoms in total. The van der Waals surface area contributed by atoms with Crippen LogP contribution in [0.3, 0.4) is 0 Å². The molecular formula is C14H19N5OS. The van der Waals surface area contributed by atoms with E-state index >= 15 is 0 Å². The lowest BCUT2D eigenvalue weighted by Gasteiger charge is -2.15. The molecule has 0 bridgehead atoms. The standard InChI is InChI=1S/C14H19N5OS/c1-9(21-11-8-6-5-7-10(11)20-4)12-16-13(15)18-14(17-12)19(2)3/h5-9H,1-4H3,(H2,15,16,17,18)/t9-/m0/s1. The molecule has 1 heterocycles. The summed E-state index contributed by atoms with van der Waals surface area (Å²) in [5, 5.41) is 0.0327. The molecule has 2 aromatic rings. The van der Waals surface area contributed by atoms with Crippen molar-refractivity contribution in [2.45, 2.75) is 17.1 Å². The Bertz CT molecular complexity index is 620. The lowest BCUT2D eigenvalue weighted by Crippen LogP contribution is -2.16. The topological polar surface area (TPSA) is 77.2 Å². The zero-order valence-corrected chi connectivity index (χ0v) is 13.4. The van der Waals surface area contributed by atoms with Crippen molar-refractivity contribution < 1.29 is 4.74 Å². The zero-order chi connectivity index (χ0) is 15.4. The minimum Gasteiger partial charge on any atom is -0.496 e. The van der Waals surface area contributed by atoms with Crippen LogP contribution in [0.1, 0.15) is 18.0 Å². The minimum atomic E-state index is 0.0327. The number of ether oxygens (including phenoxy) is 1. The number of thioether (sulfide) groups is 1. The predicted molar refractivity (Wildman–Crippen MR) is 85.8 cm³/mol. The molecule has 21 heavy (non-hydrogen) atoms. The molecule has 1 aromatic carbocycles. The van der Waals surface area contributed by atoms with Crippen LogP contribution in [0.5, 0.6) is 5.75 Å². The van der Waals surface area contributed by atoms with E-state index in [1.54, 1.807) is 18.9 Å². The van der Waals surface area contributed by atoms with Crippen LogP contribution in [0.4, 0.5) is 11.9 Å². The third-order valence-electron chi connectivity index (χ3n) is 2.79. The number of nitrogens with two attached hydrogens (primary N) is 1.